The number of hydrogen-bond acceptors (Lipinski definition) is 6. The molecule has 1 fully saturated rings. The fraction of sp³-hybridized carbons (Fsp3) is 0.636. The van der Waals surface area contributed by atoms with Gasteiger partial charge in [0.2, 0.25) is 10.0 Å². The Morgan fingerprint density at radius 2 is 1.95 bits per heavy atom. The van der Waals surface area contributed by atoms with Crippen LogP contribution in [0.5, 0.6) is 0 Å². The normalized spacial score (nSPS) is 25.0. The lowest BCUT2D eigenvalue weighted by Gasteiger charge is -2.15. The molecule has 0 aromatic carbocycles. The molecule has 1 aromatic rings. The van der Waals surface area contributed by atoms with Crippen LogP contribution in [0.25, 0.3) is 0 Å². The van der Waals surface area contributed by atoms with Crippen molar-refractivity contribution in [3.63, 3.8) is 0 Å². The van der Waals surface area contributed by atoms with Crippen LogP contribution < -0.4 is 0 Å². The predicted molar refractivity (Wildman–Crippen MR) is 70.6 cm³/mol. The smallest absolute Gasteiger partial charge is 0.244 e. The molecule has 8 heteroatoms. The Balaban J connectivity index is 2.27. The maximum atomic E-state index is 12.5. The highest BCUT2D eigenvalue weighted by molar-refractivity contribution is 7.89. The van der Waals surface area contributed by atoms with Gasteiger partial charge in [-0.1, -0.05) is 0 Å². The first-order chi connectivity index (χ1) is 9.04. The van der Waals surface area contributed by atoms with Gasteiger partial charge in [0.25, 0.3) is 0 Å². The van der Waals surface area contributed by atoms with Crippen LogP contribution in [0.1, 0.15) is 4.88 Å². The van der Waals surface area contributed by atoms with E-state index in [4.69, 9.17) is 9.47 Å². The Morgan fingerprint density at radius 3 is 2.42 bits per heavy atom. The topological polar surface area (TPSA) is 76.1 Å². The maximum Gasteiger partial charge on any atom is 0.244 e. The minimum absolute atomic E-state index is 0.173. The third-order valence-corrected chi connectivity index (χ3v) is 6.20. The van der Waals surface area contributed by atoms with E-state index in [9.17, 15) is 13.5 Å². The summed E-state index contributed by atoms with van der Waals surface area (Å²) in [6.07, 6.45) is -0.535. The Bertz CT molecular complexity index is 515. The molecule has 1 aliphatic rings. The van der Waals surface area contributed by atoms with Crippen molar-refractivity contribution < 1.29 is 23.0 Å². The number of aliphatic hydroxyl groups excluding tert-OH is 1. The second kappa shape index (κ2) is 5.86. The number of hydrogen-bond donors (Lipinski definition) is 1. The third-order valence-electron chi connectivity index (χ3n) is 3.25. The number of rotatable bonds is 5. The molecule has 0 aliphatic carbocycles. The molecule has 0 radical (unpaired) electrons. The molecule has 0 bridgehead atoms. The molecular weight excluding hydrogens is 290 g/mol. The van der Waals surface area contributed by atoms with Gasteiger partial charge in [0.05, 0.1) is 23.7 Å². The van der Waals surface area contributed by atoms with Crippen LogP contribution in [0.2, 0.25) is 0 Å². The second-order valence-electron chi connectivity index (χ2n) is 4.24. The summed E-state index contributed by atoms with van der Waals surface area (Å²) in [4.78, 5) is 0.626. The van der Waals surface area contributed by atoms with Crippen LogP contribution in [0.15, 0.2) is 16.3 Å². The van der Waals surface area contributed by atoms with Gasteiger partial charge in [-0.15, -0.1) is 11.3 Å². The lowest BCUT2D eigenvalue weighted by Crippen LogP contribution is -2.30. The molecule has 19 heavy (non-hydrogen) atoms. The van der Waals surface area contributed by atoms with E-state index in [1.165, 1.54) is 35.9 Å². The van der Waals surface area contributed by atoms with Gasteiger partial charge >= 0.3 is 0 Å². The van der Waals surface area contributed by atoms with Crippen molar-refractivity contribution in [2.45, 2.75) is 23.7 Å². The highest BCUT2D eigenvalue weighted by Gasteiger charge is 2.40. The van der Waals surface area contributed by atoms with Crippen molar-refractivity contribution in [2.24, 2.45) is 0 Å². The molecule has 1 aromatic heterocycles. The minimum Gasteiger partial charge on any atom is -0.391 e. The number of methoxy groups -OCH3 is 2. The van der Waals surface area contributed by atoms with Crippen LogP contribution >= 0.6 is 11.3 Å². The molecule has 2 rings (SSSR count). The molecule has 108 valence electrons. The number of aliphatic hydroxyl groups is 1. The van der Waals surface area contributed by atoms with Gasteiger partial charge < -0.3 is 14.6 Å². The molecule has 2 unspecified atom stereocenters. The Morgan fingerprint density at radius 1 is 1.37 bits per heavy atom. The van der Waals surface area contributed by atoms with Crippen LogP contribution in [-0.4, -0.2) is 57.3 Å². The quantitative estimate of drug-likeness (QED) is 0.845. The molecule has 1 aliphatic heterocycles. The standard InChI is InChI=1S/C11H17NO5S2/c1-16-8-5-12(6-9(8)17-2)19(14,15)11-3-4-18-10(11)7-13/h3-4,8-9,13H,5-7H2,1-2H3. The van der Waals surface area contributed by atoms with Crippen LogP contribution in [0.3, 0.4) is 0 Å². The Hall–Kier alpha value is -0.510. The average molecular weight is 307 g/mol. The summed E-state index contributed by atoms with van der Waals surface area (Å²) in [7, 11) is -0.524. The zero-order valence-corrected chi connectivity index (χ0v) is 12.4. The number of thiophene rings is 1. The van der Waals surface area contributed by atoms with Crippen molar-refractivity contribution in [3.8, 4) is 0 Å². The van der Waals surface area contributed by atoms with Crippen LogP contribution in [0.4, 0.5) is 0 Å². The summed E-state index contributed by atoms with van der Waals surface area (Å²) in [5.41, 5.74) is 0. The zero-order chi connectivity index (χ0) is 14.0. The lowest BCUT2D eigenvalue weighted by molar-refractivity contribution is -0.00461. The number of ether oxygens (including phenoxy) is 2. The molecule has 0 amide bonds. The lowest BCUT2D eigenvalue weighted by atomic mass is 10.3. The molecule has 2 heterocycles. The average Bonchev–Trinajstić information content (AvgIpc) is 3.04. The SMILES string of the molecule is COC1CN(S(=O)(=O)c2ccsc2CO)CC1OC. The highest BCUT2D eigenvalue weighted by Crippen LogP contribution is 2.28. The van der Waals surface area contributed by atoms with Crippen molar-refractivity contribution in [1.29, 1.82) is 0 Å². The van der Waals surface area contributed by atoms with Gasteiger partial charge in [0.1, 0.15) is 0 Å². The second-order valence-corrected chi connectivity index (χ2v) is 7.14. The van der Waals surface area contributed by atoms with E-state index >= 15 is 0 Å². The largest absolute Gasteiger partial charge is 0.391 e. The fourth-order valence-corrected chi connectivity index (χ4v) is 4.90. The van der Waals surface area contributed by atoms with Gasteiger partial charge in [-0.2, -0.15) is 4.31 Å². The molecule has 0 saturated carbocycles. The first kappa shape index (κ1) is 14.9. The highest BCUT2D eigenvalue weighted by atomic mass is 32.2. The molecule has 1 N–H and O–H groups in total. The molecule has 2 atom stereocenters. The van der Waals surface area contributed by atoms with Crippen LogP contribution in [0, 0.1) is 0 Å². The van der Waals surface area contributed by atoms with Crippen molar-refractivity contribution in [2.75, 3.05) is 27.3 Å². The minimum atomic E-state index is -3.60. The molecule has 0 spiro atoms. The van der Waals surface area contributed by atoms with Crippen LogP contribution in [-0.2, 0) is 26.1 Å². The zero-order valence-electron chi connectivity index (χ0n) is 10.8. The number of nitrogens with zero attached hydrogens (tertiary/aromatic N) is 1. The Kier molecular flexibility index (Phi) is 4.59. The van der Waals surface area contributed by atoms with E-state index in [1.807, 2.05) is 0 Å². The molecular formula is C11H17NO5S2. The van der Waals surface area contributed by atoms with Gasteiger partial charge in [0, 0.05) is 32.2 Å². The van der Waals surface area contributed by atoms with E-state index in [0.717, 1.165) is 0 Å². The monoisotopic (exact) mass is 307 g/mol. The van der Waals surface area contributed by atoms with Gasteiger partial charge in [-0.05, 0) is 11.4 Å². The van der Waals surface area contributed by atoms with Crippen molar-refractivity contribution in [3.05, 3.63) is 16.3 Å². The van der Waals surface area contributed by atoms with Crippen molar-refractivity contribution in [1.82, 2.24) is 4.31 Å². The van der Waals surface area contributed by atoms with E-state index in [0.29, 0.717) is 4.88 Å². The summed E-state index contributed by atoms with van der Waals surface area (Å²) in [6.45, 7) is 0.248. The molecule has 6 nitrogen and oxygen atoms in total. The van der Waals surface area contributed by atoms with Gasteiger partial charge in [0.15, 0.2) is 0 Å². The van der Waals surface area contributed by atoms with E-state index in [2.05, 4.69) is 0 Å². The fourth-order valence-electron chi connectivity index (χ4n) is 2.17. The number of sulfonamides is 1. The maximum absolute atomic E-state index is 12.5. The van der Waals surface area contributed by atoms with Gasteiger partial charge in [-0.25, -0.2) is 8.42 Å². The van der Waals surface area contributed by atoms with E-state index in [-0.39, 0.29) is 36.8 Å². The summed E-state index contributed by atoms with van der Waals surface area (Å²) < 4.78 is 36.8. The predicted octanol–water partition coefficient (Wildman–Crippen LogP) is 0.275. The first-order valence-corrected chi connectivity index (χ1v) is 8.09. The summed E-state index contributed by atoms with van der Waals surface area (Å²) >= 11 is 1.23. The first-order valence-electron chi connectivity index (χ1n) is 5.77. The van der Waals surface area contributed by atoms with Crippen molar-refractivity contribution >= 4 is 21.4 Å². The third kappa shape index (κ3) is 2.69. The summed E-state index contributed by atoms with van der Waals surface area (Å²) in [5.74, 6) is 0. The van der Waals surface area contributed by atoms with Gasteiger partial charge in [-0.3, -0.25) is 0 Å². The van der Waals surface area contributed by atoms with E-state index < -0.39 is 10.0 Å². The molecule has 1 saturated heterocycles. The Labute approximate surface area is 116 Å². The summed E-state index contributed by atoms with van der Waals surface area (Å²) in [5, 5.41) is 10.9. The van der Waals surface area contributed by atoms with E-state index in [1.54, 1.807) is 5.38 Å². The summed E-state index contributed by atoms with van der Waals surface area (Å²) in [6, 6.07) is 1.52.